The molecule has 1 heterocycles. The summed E-state index contributed by atoms with van der Waals surface area (Å²) in [5.74, 6) is 4.30. The lowest BCUT2D eigenvalue weighted by atomic mass is 9.99. The standard InChI is InChI=1S/C18H24N2/c1-2-4-12(5-3-1)15-11-19-8-9-20(15)18-16-13-6-7-14(10-13)17(16)18/h1-5,13-19H,6-11H2. The largest absolute Gasteiger partial charge is 0.314 e. The van der Waals surface area contributed by atoms with E-state index in [1.165, 1.54) is 31.5 Å². The Labute approximate surface area is 121 Å². The Kier molecular flexibility index (Phi) is 2.54. The van der Waals surface area contributed by atoms with Gasteiger partial charge in [0.15, 0.2) is 0 Å². The molecule has 1 saturated heterocycles. The van der Waals surface area contributed by atoms with E-state index in [0.717, 1.165) is 36.3 Å². The molecule has 0 radical (unpaired) electrons. The fraction of sp³-hybridized carbons (Fsp3) is 0.667. The molecular weight excluding hydrogens is 244 g/mol. The van der Waals surface area contributed by atoms with Gasteiger partial charge in [0.2, 0.25) is 0 Å². The molecule has 3 saturated carbocycles. The molecule has 5 unspecified atom stereocenters. The van der Waals surface area contributed by atoms with Gasteiger partial charge in [-0.15, -0.1) is 0 Å². The van der Waals surface area contributed by atoms with E-state index in [4.69, 9.17) is 0 Å². The summed E-state index contributed by atoms with van der Waals surface area (Å²) in [5.41, 5.74) is 1.51. The van der Waals surface area contributed by atoms with Crippen LogP contribution < -0.4 is 5.32 Å². The summed E-state index contributed by atoms with van der Waals surface area (Å²) in [4.78, 5) is 2.87. The second-order valence-corrected chi connectivity index (χ2v) is 7.35. The summed E-state index contributed by atoms with van der Waals surface area (Å²) in [7, 11) is 0. The molecule has 0 spiro atoms. The number of rotatable bonds is 2. The summed E-state index contributed by atoms with van der Waals surface area (Å²) in [5, 5.41) is 3.61. The Hall–Kier alpha value is -0.860. The van der Waals surface area contributed by atoms with E-state index >= 15 is 0 Å². The predicted octanol–water partition coefficient (Wildman–Crippen LogP) is 2.68. The molecule has 4 fully saturated rings. The van der Waals surface area contributed by atoms with Crippen molar-refractivity contribution in [2.75, 3.05) is 19.6 Å². The minimum absolute atomic E-state index is 0.611. The first-order chi connectivity index (χ1) is 9.93. The average Bonchev–Trinajstić information content (AvgIpc) is 2.94. The van der Waals surface area contributed by atoms with Crippen LogP contribution in [0, 0.1) is 23.7 Å². The molecule has 1 aromatic rings. The van der Waals surface area contributed by atoms with Gasteiger partial charge in [0.05, 0.1) is 0 Å². The Bertz CT molecular complexity index is 483. The number of nitrogens with zero attached hydrogens (tertiary/aromatic N) is 1. The lowest BCUT2D eigenvalue weighted by Crippen LogP contribution is -2.48. The maximum atomic E-state index is 3.61. The number of hydrogen-bond acceptors (Lipinski definition) is 2. The Balaban J connectivity index is 1.42. The van der Waals surface area contributed by atoms with E-state index in [1.807, 2.05) is 0 Å². The van der Waals surface area contributed by atoms with Crippen molar-refractivity contribution in [3.63, 3.8) is 0 Å². The first-order valence-electron chi connectivity index (χ1n) is 8.45. The minimum Gasteiger partial charge on any atom is -0.314 e. The maximum Gasteiger partial charge on any atom is 0.0476 e. The summed E-state index contributed by atoms with van der Waals surface area (Å²) in [6, 6.07) is 12.7. The number of fused-ring (bicyclic) bond motifs is 5. The first kappa shape index (κ1) is 11.8. The highest BCUT2D eigenvalue weighted by molar-refractivity contribution is 5.24. The van der Waals surface area contributed by atoms with Gasteiger partial charge in [-0.05, 0) is 48.5 Å². The molecule has 2 heteroatoms. The molecule has 3 aliphatic carbocycles. The van der Waals surface area contributed by atoms with E-state index in [1.54, 1.807) is 6.42 Å². The van der Waals surface area contributed by atoms with Crippen LogP contribution in [-0.2, 0) is 0 Å². The van der Waals surface area contributed by atoms with Crippen LogP contribution in [0.3, 0.4) is 0 Å². The van der Waals surface area contributed by atoms with Crippen molar-refractivity contribution in [2.24, 2.45) is 23.7 Å². The van der Waals surface area contributed by atoms with E-state index in [0.29, 0.717) is 6.04 Å². The van der Waals surface area contributed by atoms with Gasteiger partial charge in [0.1, 0.15) is 0 Å². The van der Waals surface area contributed by atoms with Gasteiger partial charge < -0.3 is 5.32 Å². The van der Waals surface area contributed by atoms with Crippen LogP contribution in [0.15, 0.2) is 30.3 Å². The molecule has 5 rings (SSSR count). The van der Waals surface area contributed by atoms with E-state index in [9.17, 15) is 0 Å². The van der Waals surface area contributed by atoms with Gasteiger partial charge in [-0.3, -0.25) is 4.90 Å². The highest BCUT2D eigenvalue weighted by atomic mass is 15.3. The van der Waals surface area contributed by atoms with Gasteiger partial charge in [0, 0.05) is 31.7 Å². The molecule has 5 atom stereocenters. The minimum atomic E-state index is 0.611. The summed E-state index contributed by atoms with van der Waals surface area (Å²) >= 11 is 0. The normalized spacial score (nSPS) is 46.4. The quantitative estimate of drug-likeness (QED) is 0.887. The van der Waals surface area contributed by atoms with Crippen molar-refractivity contribution in [1.29, 1.82) is 0 Å². The highest BCUT2D eigenvalue weighted by Crippen LogP contribution is 2.68. The Morgan fingerprint density at radius 3 is 2.50 bits per heavy atom. The van der Waals surface area contributed by atoms with Crippen molar-refractivity contribution in [2.45, 2.75) is 31.3 Å². The van der Waals surface area contributed by atoms with Crippen LogP contribution >= 0.6 is 0 Å². The van der Waals surface area contributed by atoms with Crippen molar-refractivity contribution in [3.8, 4) is 0 Å². The second-order valence-electron chi connectivity index (χ2n) is 7.35. The molecule has 106 valence electrons. The lowest BCUT2D eigenvalue weighted by Gasteiger charge is -2.38. The number of nitrogens with one attached hydrogen (secondary N) is 1. The van der Waals surface area contributed by atoms with Gasteiger partial charge >= 0.3 is 0 Å². The van der Waals surface area contributed by atoms with E-state index in [-0.39, 0.29) is 0 Å². The zero-order chi connectivity index (χ0) is 13.1. The van der Waals surface area contributed by atoms with Crippen molar-refractivity contribution >= 4 is 0 Å². The molecule has 4 aliphatic rings. The van der Waals surface area contributed by atoms with Crippen LogP contribution in [0.2, 0.25) is 0 Å². The molecule has 1 aliphatic heterocycles. The van der Waals surface area contributed by atoms with Gasteiger partial charge in [-0.25, -0.2) is 0 Å². The third-order valence-corrected chi connectivity index (χ3v) is 6.55. The van der Waals surface area contributed by atoms with Crippen LogP contribution in [0.4, 0.5) is 0 Å². The van der Waals surface area contributed by atoms with Crippen molar-refractivity contribution < 1.29 is 0 Å². The number of piperazine rings is 1. The molecule has 0 aromatic heterocycles. The zero-order valence-electron chi connectivity index (χ0n) is 12.0. The highest BCUT2D eigenvalue weighted by Gasteiger charge is 2.67. The zero-order valence-corrected chi connectivity index (χ0v) is 12.0. The molecule has 1 N–H and O–H groups in total. The maximum absolute atomic E-state index is 3.61. The monoisotopic (exact) mass is 268 g/mol. The second kappa shape index (κ2) is 4.32. The topological polar surface area (TPSA) is 15.3 Å². The third kappa shape index (κ3) is 1.58. The van der Waals surface area contributed by atoms with Crippen molar-refractivity contribution in [1.82, 2.24) is 10.2 Å². The lowest BCUT2D eigenvalue weighted by molar-refractivity contribution is 0.127. The molecule has 20 heavy (non-hydrogen) atoms. The van der Waals surface area contributed by atoms with Crippen LogP contribution in [0.25, 0.3) is 0 Å². The molecular formula is C18H24N2. The van der Waals surface area contributed by atoms with E-state index < -0.39 is 0 Å². The summed E-state index contributed by atoms with van der Waals surface area (Å²) in [6.45, 7) is 3.56. The number of benzene rings is 1. The summed E-state index contributed by atoms with van der Waals surface area (Å²) in [6.07, 6.45) is 4.63. The van der Waals surface area contributed by atoms with Gasteiger partial charge in [0.25, 0.3) is 0 Å². The van der Waals surface area contributed by atoms with Crippen LogP contribution in [-0.4, -0.2) is 30.6 Å². The fourth-order valence-corrected chi connectivity index (χ4v) is 5.78. The van der Waals surface area contributed by atoms with Crippen LogP contribution in [0.1, 0.15) is 30.9 Å². The third-order valence-electron chi connectivity index (χ3n) is 6.55. The van der Waals surface area contributed by atoms with Crippen LogP contribution in [0.5, 0.6) is 0 Å². The van der Waals surface area contributed by atoms with Gasteiger partial charge in [-0.2, -0.15) is 0 Å². The van der Waals surface area contributed by atoms with Crippen molar-refractivity contribution in [3.05, 3.63) is 35.9 Å². The van der Waals surface area contributed by atoms with E-state index in [2.05, 4.69) is 40.5 Å². The Morgan fingerprint density at radius 2 is 1.75 bits per heavy atom. The fourth-order valence-electron chi connectivity index (χ4n) is 5.78. The molecule has 1 aromatic carbocycles. The predicted molar refractivity (Wildman–Crippen MR) is 80.4 cm³/mol. The smallest absolute Gasteiger partial charge is 0.0476 e. The summed E-state index contributed by atoms with van der Waals surface area (Å²) < 4.78 is 0. The molecule has 0 amide bonds. The number of hydrogen-bond donors (Lipinski definition) is 1. The van der Waals surface area contributed by atoms with Gasteiger partial charge in [-0.1, -0.05) is 30.3 Å². The first-order valence-corrected chi connectivity index (χ1v) is 8.45. The molecule has 2 nitrogen and oxygen atoms in total. The SMILES string of the molecule is c1ccc(C2CNCCN2C2C3C4CCC(C4)C32)cc1. The Morgan fingerprint density at radius 1 is 1.00 bits per heavy atom. The average molecular weight is 268 g/mol. The molecule has 2 bridgehead atoms.